The van der Waals surface area contributed by atoms with E-state index in [1.165, 1.54) is 90.6 Å². The van der Waals surface area contributed by atoms with Gasteiger partial charge in [-0.05, 0) is 51.7 Å². The molecule has 0 saturated heterocycles. The third-order valence-electron chi connectivity index (χ3n) is 7.60. The van der Waals surface area contributed by atoms with Gasteiger partial charge < -0.3 is 24.6 Å². The summed E-state index contributed by atoms with van der Waals surface area (Å²) >= 11 is 0. The van der Waals surface area contributed by atoms with Crippen LogP contribution in [0, 0.1) is 0 Å². The number of methoxy groups -OCH3 is 1. The van der Waals surface area contributed by atoms with E-state index < -0.39 is 12.1 Å². The molecule has 0 aliphatic heterocycles. The number of rotatable bonds is 26. The van der Waals surface area contributed by atoms with Crippen LogP contribution in [0.1, 0.15) is 132 Å². The fourth-order valence-corrected chi connectivity index (χ4v) is 5.07. The quantitative estimate of drug-likeness (QED) is 0.0672. The molecule has 0 unspecified atom stereocenters. The molecule has 8 nitrogen and oxygen atoms in total. The highest BCUT2D eigenvalue weighted by molar-refractivity contribution is 5.91. The summed E-state index contributed by atoms with van der Waals surface area (Å²) in [6.45, 7) is 4.15. The molecular weight excluding hydrogens is 530 g/mol. The molecule has 0 radical (unpaired) electrons. The minimum atomic E-state index is -0.529. The maximum absolute atomic E-state index is 12.2. The number of ether oxygens (including phenoxy) is 2. The Kier molecular flexibility index (Phi) is 22.2. The number of carbonyl (C=O) groups excluding carboxylic acids is 3. The minimum absolute atomic E-state index is 0.0526. The number of esters is 1. The summed E-state index contributed by atoms with van der Waals surface area (Å²) in [5.41, 5.74) is 1.57. The molecule has 0 atom stereocenters. The van der Waals surface area contributed by atoms with E-state index >= 15 is 0 Å². The van der Waals surface area contributed by atoms with Gasteiger partial charge in [0.05, 0.1) is 12.7 Å². The van der Waals surface area contributed by atoms with Crippen LogP contribution in [-0.2, 0) is 20.9 Å². The lowest BCUT2D eigenvalue weighted by Crippen LogP contribution is -2.28. The van der Waals surface area contributed by atoms with Crippen molar-refractivity contribution in [1.82, 2.24) is 10.2 Å². The predicted octanol–water partition coefficient (Wildman–Crippen LogP) is 7.88. The van der Waals surface area contributed by atoms with Gasteiger partial charge in [-0.15, -0.1) is 0 Å². The van der Waals surface area contributed by atoms with Gasteiger partial charge in [-0.2, -0.15) is 0 Å². The van der Waals surface area contributed by atoms with E-state index in [-0.39, 0.29) is 6.61 Å². The normalized spacial score (nSPS) is 11.0. The number of anilines is 1. The van der Waals surface area contributed by atoms with Gasteiger partial charge in [0.1, 0.15) is 6.61 Å². The van der Waals surface area contributed by atoms with E-state index in [9.17, 15) is 14.4 Å². The zero-order valence-electron chi connectivity index (χ0n) is 27.1. The first-order chi connectivity index (χ1) is 20.4. The van der Waals surface area contributed by atoms with Crippen LogP contribution in [0.3, 0.4) is 0 Å². The number of carbonyl (C=O) groups is 3. The molecule has 0 aromatic heterocycles. The van der Waals surface area contributed by atoms with Gasteiger partial charge >= 0.3 is 12.1 Å². The van der Waals surface area contributed by atoms with Crippen LogP contribution in [0.25, 0.3) is 0 Å². The molecule has 2 amide bonds. The lowest BCUT2D eigenvalue weighted by atomic mass is 10.0. The molecule has 0 spiro atoms. The Morgan fingerprint density at radius 1 is 0.786 bits per heavy atom. The fourth-order valence-electron chi connectivity index (χ4n) is 5.07. The summed E-state index contributed by atoms with van der Waals surface area (Å²) in [5, 5.41) is 2.74. The van der Waals surface area contributed by atoms with Gasteiger partial charge in [0, 0.05) is 24.3 Å². The van der Waals surface area contributed by atoms with Gasteiger partial charge in [-0.25, -0.2) is 9.59 Å². The first-order valence-electron chi connectivity index (χ1n) is 16.4. The summed E-state index contributed by atoms with van der Waals surface area (Å²) in [4.78, 5) is 40.0. The van der Waals surface area contributed by atoms with Crippen LogP contribution in [0.4, 0.5) is 10.5 Å². The molecule has 0 fully saturated rings. The van der Waals surface area contributed by atoms with Crippen LogP contribution in [0.2, 0.25) is 0 Å². The van der Waals surface area contributed by atoms with Crippen LogP contribution in [-0.4, -0.2) is 64.2 Å². The summed E-state index contributed by atoms with van der Waals surface area (Å²) in [5.74, 6) is -0.480. The molecule has 0 aliphatic carbocycles. The van der Waals surface area contributed by atoms with Crippen LogP contribution in [0.15, 0.2) is 18.2 Å². The average molecular weight is 590 g/mol. The summed E-state index contributed by atoms with van der Waals surface area (Å²) in [6.07, 6.45) is 21.8. The van der Waals surface area contributed by atoms with Crippen LogP contribution >= 0.6 is 0 Å². The molecule has 1 aromatic rings. The second-order valence-electron chi connectivity index (χ2n) is 11.6. The van der Waals surface area contributed by atoms with E-state index in [0.717, 1.165) is 38.6 Å². The fraction of sp³-hybridized carbons (Fsp3) is 0.735. The van der Waals surface area contributed by atoms with E-state index in [0.29, 0.717) is 29.9 Å². The lowest BCUT2D eigenvalue weighted by Gasteiger charge is -2.21. The molecule has 1 N–H and O–H groups in total. The standard InChI is InChI=1S/C34H59N3O5/c1-5-6-7-8-9-10-11-12-13-14-15-16-17-18-19-20-26-37(29-38)32-23-22-30(33(39)41-4)27-31(32)28-42-34(40)35-24-21-25-36(2)3/h22-23,27,29H,5-21,24-26,28H2,1-4H3,(H,35,40). The van der Waals surface area contributed by atoms with E-state index in [4.69, 9.17) is 9.47 Å². The van der Waals surface area contributed by atoms with Gasteiger partial charge in [0.25, 0.3) is 0 Å². The van der Waals surface area contributed by atoms with E-state index in [1.54, 1.807) is 23.1 Å². The molecule has 1 aromatic carbocycles. The smallest absolute Gasteiger partial charge is 0.407 e. The number of nitrogens with zero attached hydrogens (tertiary/aromatic N) is 2. The number of nitrogens with one attached hydrogen (secondary N) is 1. The molecule has 0 heterocycles. The first-order valence-corrected chi connectivity index (χ1v) is 16.4. The Hall–Kier alpha value is -2.61. The molecule has 240 valence electrons. The van der Waals surface area contributed by atoms with Crippen molar-refractivity contribution in [3.05, 3.63) is 29.3 Å². The molecule has 0 saturated carbocycles. The molecule has 0 bridgehead atoms. The number of hydrogen-bond acceptors (Lipinski definition) is 6. The van der Waals surface area contributed by atoms with Crippen molar-refractivity contribution < 1.29 is 23.9 Å². The van der Waals surface area contributed by atoms with Crippen molar-refractivity contribution in [2.24, 2.45) is 0 Å². The monoisotopic (exact) mass is 589 g/mol. The summed E-state index contributed by atoms with van der Waals surface area (Å²) < 4.78 is 10.3. The average Bonchev–Trinajstić information content (AvgIpc) is 2.99. The van der Waals surface area contributed by atoms with Gasteiger partial charge in [-0.1, -0.05) is 103 Å². The zero-order chi connectivity index (χ0) is 30.8. The Labute approximate surface area is 255 Å². The zero-order valence-corrected chi connectivity index (χ0v) is 27.1. The highest BCUT2D eigenvalue weighted by Crippen LogP contribution is 2.24. The number of benzene rings is 1. The highest BCUT2D eigenvalue weighted by Gasteiger charge is 2.16. The molecule has 8 heteroatoms. The maximum atomic E-state index is 12.2. The van der Waals surface area contributed by atoms with E-state index in [2.05, 4.69) is 12.2 Å². The van der Waals surface area contributed by atoms with Gasteiger partial charge in [-0.3, -0.25) is 4.79 Å². The second kappa shape index (κ2) is 24.9. The third kappa shape index (κ3) is 18.0. The number of amides is 2. The Morgan fingerprint density at radius 2 is 1.33 bits per heavy atom. The molecular formula is C34H59N3O5. The predicted molar refractivity (Wildman–Crippen MR) is 172 cm³/mol. The Balaban J connectivity index is 2.38. The summed E-state index contributed by atoms with van der Waals surface area (Å²) in [7, 11) is 5.28. The van der Waals surface area contributed by atoms with Crippen LogP contribution < -0.4 is 10.2 Å². The van der Waals surface area contributed by atoms with Gasteiger partial charge in [0.15, 0.2) is 0 Å². The van der Waals surface area contributed by atoms with Crippen molar-refractivity contribution >= 4 is 24.2 Å². The highest BCUT2D eigenvalue weighted by atomic mass is 16.5. The largest absolute Gasteiger partial charge is 0.465 e. The first kappa shape index (κ1) is 37.4. The minimum Gasteiger partial charge on any atom is -0.465 e. The van der Waals surface area contributed by atoms with E-state index in [1.807, 2.05) is 19.0 Å². The van der Waals surface area contributed by atoms with Gasteiger partial charge in [0.2, 0.25) is 6.41 Å². The van der Waals surface area contributed by atoms with Crippen LogP contribution in [0.5, 0.6) is 0 Å². The lowest BCUT2D eigenvalue weighted by molar-refractivity contribution is -0.107. The molecule has 0 aliphatic rings. The SMILES string of the molecule is CCCCCCCCCCCCCCCCCCN(C=O)c1ccc(C(=O)OC)cc1COC(=O)NCCCN(C)C. The van der Waals surface area contributed by atoms with Crippen molar-refractivity contribution in [3.8, 4) is 0 Å². The summed E-state index contributed by atoms with van der Waals surface area (Å²) in [6, 6.07) is 4.99. The van der Waals surface area contributed by atoms with Crippen molar-refractivity contribution in [2.75, 3.05) is 45.7 Å². The molecule has 42 heavy (non-hydrogen) atoms. The maximum Gasteiger partial charge on any atom is 0.407 e. The van der Waals surface area contributed by atoms with Crippen molar-refractivity contribution in [3.63, 3.8) is 0 Å². The van der Waals surface area contributed by atoms with Crippen molar-refractivity contribution in [2.45, 2.75) is 123 Å². The van der Waals surface area contributed by atoms with Crippen molar-refractivity contribution in [1.29, 1.82) is 0 Å². The molecule has 1 rings (SSSR count). The Morgan fingerprint density at radius 3 is 1.83 bits per heavy atom. The number of unbranched alkanes of at least 4 members (excludes halogenated alkanes) is 15. The second-order valence-corrected chi connectivity index (χ2v) is 11.6. The third-order valence-corrected chi connectivity index (χ3v) is 7.60. The Bertz CT molecular complexity index is 862. The number of hydrogen-bond donors (Lipinski definition) is 1. The number of alkyl carbamates (subject to hydrolysis) is 1. The topological polar surface area (TPSA) is 88.2 Å².